The molecule has 0 aliphatic heterocycles. The Kier molecular flexibility index (Phi) is 40.7. The molecule has 6 heteroatoms. The van der Waals surface area contributed by atoms with E-state index in [9.17, 15) is 19.8 Å². The lowest BCUT2D eigenvalue weighted by molar-refractivity contribution is -0.151. The number of amides is 1. The van der Waals surface area contributed by atoms with Crippen molar-refractivity contribution >= 4 is 11.9 Å². The highest BCUT2D eigenvalue weighted by molar-refractivity contribution is 5.77. The van der Waals surface area contributed by atoms with Crippen LogP contribution in [0.5, 0.6) is 0 Å². The summed E-state index contributed by atoms with van der Waals surface area (Å²) in [6.07, 6.45) is 44.2. The summed E-state index contributed by atoms with van der Waals surface area (Å²) >= 11 is 0. The molecule has 3 N–H and O–H groups in total. The van der Waals surface area contributed by atoms with Gasteiger partial charge in [0.25, 0.3) is 0 Å². The molecule has 0 saturated carbocycles. The maximum atomic E-state index is 13.1. The molecule has 6 nitrogen and oxygen atoms in total. The fourth-order valence-corrected chi connectivity index (χ4v) is 7.25. The Morgan fingerprint density at radius 1 is 0.528 bits per heavy atom. The van der Waals surface area contributed by atoms with E-state index in [0.717, 1.165) is 51.4 Å². The van der Waals surface area contributed by atoms with Crippen molar-refractivity contribution in [1.82, 2.24) is 5.32 Å². The van der Waals surface area contributed by atoms with E-state index >= 15 is 0 Å². The van der Waals surface area contributed by atoms with Gasteiger partial charge in [-0.3, -0.25) is 9.59 Å². The predicted molar refractivity (Wildman–Crippen MR) is 227 cm³/mol. The van der Waals surface area contributed by atoms with Gasteiger partial charge >= 0.3 is 5.97 Å². The molecular weight excluding hydrogens is 659 g/mol. The van der Waals surface area contributed by atoms with Crippen molar-refractivity contribution in [2.45, 2.75) is 270 Å². The number of hydrogen-bond donors (Lipinski definition) is 3. The Hall–Kier alpha value is -1.40. The number of hydrogen-bond acceptors (Lipinski definition) is 5. The molecule has 53 heavy (non-hydrogen) atoms. The van der Waals surface area contributed by atoms with Crippen molar-refractivity contribution < 1.29 is 24.5 Å². The number of rotatable bonds is 42. The molecule has 0 saturated heterocycles. The fourth-order valence-electron chi connectivity index (χ4n) is 7.25. The lowest BCUT2D eigenvalue weighted by Crippen LogP contribution is -2.46. The third-order valence-electron chi connectivity index (χ3n) is 10.8. The zero-order valence-electron chi connectivity index (χ0n) is 35.7. The van der Waals surface area contributed by atoms with Crippen LogP contribution in [-0.4, -0.2) is 46.9 Å². The van der Waals surface area contributed by atoms with E-state index in [0.29, 0.717) is 19.3 Å². The highest BCUT2D eigenvalue weighted by Gasteiger charge is 2.24. The van der Waals surface area contributed by atoms with E-state index in [2.05, 4.69) is 38.2 Å². The molecule has 0 aromatic rings. The summed E-state index contributed by atoms with van der Waals surface area (Å²) in [4.78, 5) is 25.9. The van der Waals surface area contributed by atoms with Gasteiger partial charge in [0, 0.05) is 6.42 Å². The lowest BCUT2D eigenvalue weighted by Gasteiger charge is -2.24. The predicted octanol–water partition coefficient (Wildman–Crippen LogP) is 13.4. The minimum atomic E-state index is -0.781. The molecule has 0 bridgehead atoms. The molecule has 1 amide bonds. The normalized spacial score (nSPS) is 13.4. The van der Waals surface area contributed by atoms with E-state index in [-0.39, 0.29) is 24.9 Å². The summed E-state index contributed by atoms with van der Waals surface area (Å²) in [5.41, 5.74) is 0. The highest BCUT2D eigenvalue weighted by Crippen LogP contribution is 2.18. The van der Waals surface area contributed by atoms with Crippen molar-refractivity contribution in [2.24, 2.45) is 0 Å². The quantitative estimate of drug-likeness (QED) is 0.0328. The number of allylic oxidation sites excluding steroid dienone is 2. The second kappa shape index (κ2) is 41.8. The van der Waals surface area contributed by atoms with Crippen LogP contribution in [0.1, 0.15) is 252 Å². The summed E-state index contributed by atoms with van der Waals surface area (Å²) < 4.78 is 5.87. The number of aliphatic hydroxyl groups excluding tert-OH is 2. The summed E-state index contributed by atoms with van der Waals surface area (Å²) in [5.74, 6) is -0.479. The Bertz CT molecular complexity index is 802. The number of unbranched alkanes of at least 4 members (excludes halogenated alkanes) is 28. The third kappa shape index (κ3) is 37.3. The van der Waals surface area contributed by atoms with Gasteiger partial charge in [-0.1, -0.05) is 200 Å². The average Bonchev–Trinajstić information content (AvgIpc) is 3.15. The van der Waals surface area contributed by atoms with Crippen molar-refractivity contribution in [3.05, 3.63) is 12.2 Å². The summed E-state index contributed by atoms with van der Waals surface area (Å²) in [6, 6.07) is -0.694. The Labute approximate surface area is 329 Å². The van der Waals surface area contributed by atoms with E-state index in [4.69, 9.17) is 4.74 Å². The first-order chi connectivity index (χ1) is 26.0. The SMILES string of the molecule is CCCCC/C=C\CCCCCCCC(=O)OC(CCCCCCCCC)CC(=O)NC(CO)C(O)CCCCCCCCCCCCCCCCC. The monoisotopic (exact) mass is 750 g/mol. The number of nitrogens with one attached hydrogen (secondary N) is 1. The molecule has 0 aliphatic rings. The maximum Gasteiger partial charge on any atom is 0.306 e. The van der Waals surface area contributed by atoms with Gasteiger partial charge in [0.2, 0.25) is 5.91 Å². The minimum absolute atomic E-state index is 0.0791. The Balaban J connectivity index is 4.38. The van der Waals surface area contributed by atoms with Gasteiger partial charge < -0.3 is 20.3 Å². The van der Waals surface area contributed by atoms with Crippen molar-refractivity contribution in [3.8, 4) is 0 Å². The van der Waals surface area contributed by atoms with E-state index in [1.807, 2.05) is 0 Å². The fraction of sp³-hybridized carbons (Fsp3) is 0.915. The van der Waals surface area contributed by atoms with Crippen molar-refractivity contribution in [3.63, 3.8) is 0 Å². The molecule has 0 aromatic carbocycles. The molecule has 0 aliphatic carbocycles. The zero-order valence-corrected chi connectivity index (χ0v) is 35.7. The number of ether oxygens (including phenoxy) is 1. The molecule has 0 spiro atoms. The second-order valence-corrected chi connectivity index (χ2v) is 16.2. The summed E-state index contributed by atoms with van der Waals surface area (Å²) in [6.45, 7) is 6.43. The Morgan fingerprint density at radius 3 is 1.38 bits per heavy atom. The molecule has 314 valence electrons. The molecule has 3 unspecified atom stereocenters. The first-order valence-corrected chi connectivity index (χ1v) is 23.4. The topological polar surface area (TPSA) is 95.9 Å². The third-order valence-corrected chi connectivity index (χ3v) is 10.8. The van der Waals surface area contributed by atoms with Crippen LogP contribution < -0.4 is 5.32 Å². The molecule has 0 rings (SSSR count). The molecule has 0 heterocycles. The first kappa shape index (κ1) is 51.6. The highest BCUT2D eigenvalue weighted by atomic mass is 16.5. The minimum Gasteiger partial charge on any atom is -0.462 e. The number of carbonyl (C=O) groups is 2. The van der Waals surface area contributed by atoms with Crippen molar-refractivity contribution in [1.29, 1.82) is 0 Å². The van der Waals surface area contributed by atoms with E-state index in [1.54, 1.807) is 0 Å². The molecule has 3 atom stereocenters. The largest absolute Gasteiger partial charge is 0.462 e. The number of aliphatic hydroxyl groups is 2. The summed E-state index contributed by atoms with van der Waals surface area (Å²) in [5, 5.41) is 23.6. The van der Waals surface area contributed by atoms with Crippen molar-refractivity contribution in [2.75, 3.05) is 6.61 Å². The van der Waals surface area contributed by atoms with Crippen LogP contribution in [0, 0.1) is 0 Å². The van der Waals surface area contributed by atoms with Gasteiger partial charge in [-0.25, -0.2) is 0 Å². The van der Waals surface area contributed by atoms with Gasteiger partial charge in [-0.15, -0.1) is 0 Å². The Morgan fingerprint density at radius 2 is 0.906 bits per heavy atom. The first-order valence-electron chi connectivity index (χ1n) is 23.4. The standard InChI is InChI=1S/C47H91NO5/c1-4-7-10-13-16-18-20-22-23-24-25-27-30-33-36-39-45(50)44(42-49)48-46(51)41-43(38-35-32-29-15-12-9-6-3)53-47(52)40-37-34-31-28-26-21-19-17-14-11-8-5-2/h17,19,43-45,49-50H,4-16,18,20-42H2,1-3H3,(H,48,51)/b19-17-. The number of esters is 1. The van der Waals surface area contributed by atoms with Crippen LogP contribution in [-0.2, 0) is 14.3 Å². The average molecular weight is 750 g/mol. The van der Waals surface area contributed by atoms with Crippen LogP contribution in [0.4, 0.5) is 0 Å². The maximum absolute atomic E-state index is 13.1. The lowest BCUT2D eigenvalue weighted by atomic mass is 10.0. The van der Waals surface area contributed by atoms with Crippen LogP contribution in [0.15, 0.2) is 12.2 Å². The van der Waals surface area contributed by atoms with Gasteiger partial charge in [0.1, 0.15) is 6.10 Å². The van der Waals surface area contributed by atoms with Crippen LogP contribution in [0.2, 0.25) is 0 Å². The van der Waals surface area contributed by atoms with Gasteiger partial charge in [-0.2, -0.15) is 0 Å². The smallest absolute Gasteiger partial charge is 0.306 e. The van der Waals surface area contributed by atoms with E-state index < -0.39 is 18.2 Å². The zero-order chi connectivity index (χ0) is 38.9. The second-order valence-electron chi connectivity index (χ2n) is 16.2. The van der Waals surface area contributed by atoms with Crippen LogP contribution in [0.3, 0.4) is 0 Å². The van der Waals surface area contributed by atoms with Gasteiger partial charge in [0.05, 0.1) is 25.2 Å². The molecular formula is C47H91NO5. The number of carbonyl (C=O) groups excluding carboxylic acids is 2. The molecule has 0 radical (unpaired) electrons. The van der Waals surface area contributed by atoms with Gasteiger partial charge in [0.15, 0.2) is 0 Å². The molecule has 0 fully saturated rings. The van der Waals surface area contributed by atoms with Crippen LogP contribution in [0.25, 0.3) is 0 Å². The van der Waals surface area contributed by atoms with Crippen LogP contribution >= 0.6 is 0 Å². The summed E-state index contributed by atoms with van der Waals surface area (Å²) in [7, 11) is 0. The van der Waals surface area contributed by atoms with E-state index in [1.165, 1.54) is 154 Å². The van der Waals surface area contributed by atoms with Gasteiger partial charge in [-0.05, 0) is 51.4 Å². The molecule has 0 aromatic heterocycles.